The lowest BCUT2D eigenvalue weighted by atomic mass is 9.91. The quantitative estimate of drug-likeness (QED) is 0.801. The van der Waals surface area contributed by atoms with E-state index in [-0.39, 0.29) is 0 Å². The van der Waals surface area contributed by atoms with Gasteiger partial charge in [-0.05, 0) is 57.9 Å². The van der Waals surface area contributed by atoms with Gasteiger partial charge in [0, 0.05) is 25.8 Å². The molecule has 1 heterocycles. The fourth-order valence-electron chi connectivity index (χ4n) is 3.61. The Balaban J connectivity index is 1.86. The number of hydrogen-bond donors (Lipinski definition) is 1. The van der Waals surface area contributed by atoms with E-state index in [4.69, 9.17) is 9.84 Å². The second-order valence-electron chi connectivity index (χ2n) is 5.58. The van der Waals surface area contributed by atoms with E-state index in [1.54, 1.807) is 0 Å². The van der Waals surface area contributed by atoms with Crippen molar-refractivity contribution in [3.63, 3.8) is 0 Å². The molecule has 3 atom stereocenters. The molecule has 1 aliphatic carbocycles. The van der Waals surface area contributed by atoms with Gasteiger partial charge in [-0.1, -0.05) is 0 Å². The summed E-state index contributed by atoms with van der Waals surface area (Å²) in [5.41, 5.74) is 0. The smallest absolute Gasteiger partial charge is 0.0586 e. The predicted molar refractivity (Wildman–Crippen MR) is 69.1 cm³/mol. The van der Waals surface area contributed by atoms with Gasteiger partial charge in [-0.2, -0.15) is 0 Å². The molecule has 1 saturated carbocycles. The Kier molecular flexibility index (Phi) is 5.26. The lowest BCUT2D eigenvalue weighted by Crippen LogP contribution is -2.43. The second kappa shape index (κ2) is 6.72. The number of rotatable bonds is 5. The van der Waals surface area contributed by atoms with Crippen LogP contribution in [-0.4, -0.2) is 48.5 Å². The van der Waals surface area contributed by atoms with Crippen LogP contribution in [0.1, 0.15) is 51.4 Å². The Morgan fingerprint density at radius 1 is 1.24 bits per heavy atom. The maximum Gasteiger partial charge on any atom is 0.0586 e. The zero-order chi connectivity index (χ0) is 12.1. The molecule has 0 aromatic rings. The third kappa shape index (κ3) is 3.43. The van der Waals surface area contributed by atoms with Gasteiger partial charge in [0.1, 0.15) is 0 Å². The lowest BCUT2D eigenvalue weighted by molar-refractivity contribution is 0.0226. The average Bonchev–Trinajstić information content (AvgIpc) is 2.84. The Bertz CT molecular complexity index is 222. The van der Waals surface area contributed by atoms with Crippen molar-refractivity contribution >= 4 is 0 Å². The summed E-state index contributed by atoms with van der Waals surface area (Å²) in [5.74, 6) is 0. The highest BCUT2D eigenvalue weighted by atomic mass is 16.5. The van der Waals surface area contributed by atoms with E-state index < -0.39 is 0 Å². The SMILES string of the molecule is COC1CCCC(N2CCCC2CCCO)C1. The highest BCUT2D eigenvalue weighted by Gasteiger charge is 2.33. The summed E-state index contributed by atoms with van der Waals surface area (Å²) in [6.45, 7) is 1.60. The Morgan fingerprint density at radius 3 is 2.88 bits per heavy atom. The van der Waals surface area contributed by atoms with Crippen LogP contribution in [0.5, 0.6) is 0 Å². The maximum absolute atomic E-state index is 8.96. The highest BCUT2D eigenvalue weighted by Crippen LogP contribution is 2.31. The molecule has 2 fully saturated rings. The molecule has 17 heavy (non-hydrogen) atoms. The summed E-state index contributed by atoms with van der Waals surface area (Å²) < 4.78 is 5.53. The van der Waals surface area contributed by atoms with Crippen LogP contribution in [0, 0.1) is 0 Å². The topological polar surface area (TPSA) is 32.7 Å². The monoisotopic (exact) mass is 241 g/mol. The molecule has 0 aromatic carbocycles. The van der Waals surface area contributed by atoms with E-state index in [0.29, 0.717) is 12.7 Å². The zero-order valence-electron chi connectivity index (χ0n) is 11.1. The first-order valence-electron chi connectivity index (χ1n) is 7.24. The summed E-state index contributed by atoms with van der Waals surface area (Å²) in [7, 11) is 1.85. The first-order valence-corrected chi connectivity index (χ1v) is 7.24. The predicted octanol–water partition coefficient (Wildman–Crippen LogP) is 2.18. The molecule has 1 saturated heterocycles. The molecule has 0 aromatic heterocycles. The summed E-state index contributed by atoms with van der Waals surface area (Å²) >= 11 is 0. The van der Waals surface area contributed by atoms with E-state index in [0.717, 1.165) is 18.5 Å². The molecular weight excluding hydrogens is 214 g/mol. The number of ether oxygens (including phenoxy) is 1. The number of nitrogens with zero attached hydrogens (tertiary/aromatic N) is 1. The van der Waals surface area contributed by atoms with Crippen LogP contribution in [0.2, 0.25) is 0 Å². The van der Waals surface area contributed by atoms with Gasteiger partial charge in [-0.25, -0.2) is 0 Å². The van der Waals surface area contributed by atoms with Crippen molar-refractivity contribution in [1.82, 2.24) is 4.90 Å². The van der Waals surface area contributed by atoms with Gasteiger partial charge in [0.15, 0.2) is 0 Å². The van der Waals surface area contributed by atoms with Crippen LogP contribution in [0.15, 0.2) is 0 Å². The number of likely N-dealkylation sites (tertiary alicyclic amines) is 1. The third-order valence-corrected chi connectivity index (χ3v) is 4.52. The lowest BCUT2D eigenvalue weighted by Gasteiger charge is -2.38. The van der Waals surface area contributed by atoms with Crippen LogP contribution >= 0.6 is 0 Å². The second-order valence-corrected chi connectivity index (χ2v) is 5.58. The van der Waals surface area contributed by atoms with Gasteiger partial charge in [-0.3, -0.25) is 4.90 Å². The van der Waals surface area contributed by atoms with Gasteiger partial charge < -0.3 is 9.84 Å². The molecule has 1 N–H and O–H groups in total. The number of aliphatic hydroxyl groups is 1. The minimum atomic E-state index is 0.343. The number of hydrogen-bond acceptors (Lipinski definition) is 3. The van der Waals surface area contributed by atoms with Crippen molar-refractivity contribution in [2.45, 2.75) is 69.6 Å². The van der Waals surface area contributed by atoms with Crippen LogP contribution in [0.25, 0.3) is 0 Å². The molecule has 100 valence electrons. The summed E-state index contributed by atoms with van der Waals surface area (Å²) in [6.07, 6.45) is 10.4. The Morgan fingerprint density at radius 2 is 2.12 bits per heavy atom. The number of methoxy groups -OCH3 is 1. The molecule has 2 aliphatic rings. The van der Waals surface area contributed by atoms with E-state index >= 15 is 0 Å². The van der Waals surface area contributed by atoms with Crippen molar-refractivity contribution < 1.29 is 9.84 Å². The van der Waals surface area contributed by atoms with Gasteiger partial charge in [0.2, 0.25) is 0 Å². The van der Waals surface area contributed by atoms with Crippen molar-refractivity contribution in [2.75, 3.05) is 20.3 Å². The number of aliphatic hydroxyl groups excluding tert-OH is 1. The van der Waals surface area contributed by atoms with Crippen LogP contribution in [-0.2, 0) is 4.74 Å². The first-order chi connectivity index (χ1) is 8.35. The van der Waals surface area contributed by atoms with Gasteiger partial charge in [0.25, 0.3) is 0 Å². The molecule has 2 rings (SSSR count). The van der Waals surface area contributed by atoms with E-state index in [2.05, 4.69) is 4.90 Å². The minimum absolute atomic E-state index is 0.343. The molecular formula is C14H27NO2. The summed E-state index contributed by atoms with van der Waals surface area (Å²) in [6, 6.07) is 1.46. The molecule has 0 radical (unpaired) electrons. The third-order valence-electron chi connectivity index (χ3n) is 4.52. The van der Waals surface area contributed by atoms with Crippen molar-refractivity contribution in [2.24, 2.45) is 0 Å². The highest BCUT2D eigenvalue weighted by molar-refractivity contribution is 4.88. The normalized spacial score (nSPS) is 35.3. The fraction of sp³-hybridized carbons (Fsp3) is 1.00. The van der Waals surface area contributed by atoms with Crippen molar-refractivity contribution in [1.29, 1.82) is 0 Å². The molecule has 0 bridgehead atoms. The Hall–Kier alpha value is -0.120. The summed E-state index contributed by atoms with van der Waals surface area (Å²) in [4.78, 5) is 2.71. The van der Waals surface area contributed by atoms with Gasteiger partial charge in [-0.15, -0.1) is 0 Å². The van der Waals surface area contributed by atoms with E-state index in [9.17, 15) is 0 Å². The molecule has 1 aliphatic heterocycles. The van der Waals surface area contributed by atoms with Crippen LogP contribution in [0.4, 0.5) is 0 Å². The Labute approximate surface area is 105 Å². The average molecular weight is 241 g/mol. The summed E-state index contributed by atoms with van der Waals surface area (Å²) in [5, 5.41) is 8.96. The van der Waals surface area contributed by atoms with Gasteiger partial charge >= 0.3 is 0 Å². The maximum atomic E-state index is 8.96. The molecule has 0 amide bonds. The molecule has 3 nitrogen and oxygen atoms in total. The fourth-order valence-corrected chi connectivity index (χ4v) is 3.61. The van der Waals surface area contributed by atoms with Gasteiger partial charge in [0.05, 0.1) is 6.10 Å². The van der Waals surface area contributed by atoms with Crippen LogP contribution < -0.4 is 0 Å². The van der Waals surface area contributed by atoms with E-state index in [1.807, 2.05) is 7.11 Å². The standard InChI is InChI=1S/C14H27NO2/c1-17-14-8-2-5-13(11-14)15-9-3-6-12(15)7-4-10-16/h12-14,16H,2-11H2,1H3. The minimum Gasteiger partial charge on any atom is -0.396 e. The molecule has 0 spiro atoms. The zero-order valence-corrected chi connectivity index (χ0v) is 11.1. The first kappa shape index (κ1) is 13.3. The van der Waals surface area contributed by atoms with Crippen molar-refractivity contribution in [3.8, 4) is 0 Å². The van der Waals surface area contributed by atoms with E-state index in [1.165, 1.54) is 51.5 Å². The molecule has 3 unspecified atom stereocenters. The largest absolute Gasteiger partial charge is 0.396 e. The van der Waals surface area contributed by atoms with Crippen molar-refractivity contribution in [3.05, 3.63) is 0 Å². The molecule has 3 heteroatoms. The van der Waals surface area contributed by atoms with Crippen LogP contribution in [0.3, 0.4) is 0 Å².